The predicted molar refractivity (Wildman–Crippen MR) is 169 cm³/mol. The first kappa shape index (κ1) is 29.4. The van der Waals surface area contributed by atoms with Crippen molar-refractivity contribution in [2.24, 2.45) is 10.9 Å². The maximum atomic E-state index is 14.2. The summed E-state index contributed by atoms with van der Waals surface area (Å²) in [5.41, 5.74) is 8.20. The first-order valence-electron chi connectivity index (χ1n) is 14.7. The topological polar surface area (TPSA) is 60.3 Å². The van der Waals surface area contributed by atoms with Crippen molar-refractivity contribution in [3.8, 4) is 0 Å². The second kappa shape index (κ2) is 15.3. The van der Waals surface area contributed by atoms with E-state index < -0.39 is 5.97 Å². The number of halogens is 1. The molecule has 0 atom stereocenters. The number of nitrogens with zero attached hydrogens (tertiary/aromatic N) is 1. The minimum absolute atomic E-state index is 0.363. The summed E-state index contributed by atoms with van der Waals surface area (Å²) in [5, 5.41) is 14.3. The van der Waals surface area contributed by atoms with E-state index in [0.717, 1.165) is 75.0 Å². The lowest BCUT2D eigenvalue weighted by molar-refractivity contribution is 0.401. The molecule has 4 rings (SSSR count). The van der Waals surface area contributed by atoms with Crippen LogP contribution in [0.2, 0.25) is 0 Å². The molecule has 0 bridgehead atoms. The van der Waals surface area contributed by atoms with Crippen LogP contribution < -0.4 is 10.6 Å². The molecule has 1 aliphatic carbocycles. The zero-order chi connectivity index (χ0) is 28.2. The maximum absolute atomic E-state index is 14.2. The van der Waals surface area contributed by atoms with Crippen molar-refractivity contribution in [2.75, 3.05) is 19.6 Å². The standard InChI is InChI=1S/C35H43FN4/c1-3-38-21-10-5-4-6-11-22-39-25-31-20-19-30(24-40-31)34(29-18-17-26(2)32(23-29)35(36)37)33(28-15-12-16-28)27-13-8-7-9-14-27/h3,6-9,11,13-14,17-18,23-24,28,37-39H,1,4-5,10,12,15-16,19-22,25H2,2H3/b11-6+,34-33+,37-35?. The van der Waals surface area contributed by atoms with Gasteiger partial charge in [0, 0.05) is 37.1 Å². The number of hydrogen-bond acceptors (Lipinski definition) is 4. The first-order chi connectivity index (χ1) is 19.6. The van der Waals surface area contributed by atoms with Crippen molar-refractivity contribution in [3.63, 3.8) is 0 Å². The Morgan fingerprint density at radius 2 is 1.90 bits per heavy atom. The molecular weight excluding hydrogens is 495 g/mol. The number of allylic oxidation sites excluding steroid dienone is 4. The molecular formula is C35H43FN4. The number of rotatable bonds is 15. The van der Waals surface area contributed by atoms with E-state index in [1.165, 1.54) is 35.1 Å². The summed E-state index contributed by atoms with van der Waals surface area (Å²) < 4.78 is 14.2. The SMILES string of the molecule is C=CNCCCC/C=C/CNCC1=NC=C(/C(=C(\c2ccccc2)C2CCC2)c2ccc(C)c(C(=N)F)c2)CC1. The first-order valence-corrected chi connectivity index (χ1v) is 14.7. The molecule has 0 saturated heterocycles. The van der Waals surface area contributed by atoms with Crippen molar-refractivity contribution in [3.05, 3.63) is 107 Å². The molecule has 0 radical (unpaired) electrons. The number of nitrogens with one attached hydrogen (secondary N) is 3. The smallest absolute Gasteiger partial charge is 0.213 e. The van der Waals surface area contributed by atoms with E-state index in [4.69, 9.17) is 10.4 Å². The van der Waals surface area contributed by atoms with Crippen LogP contribution >= 0.6 is 0 Å². The maximum Gasteiger partial charge on any atom is 0.213 e. The quantitative estimate of drug-likeness (QED) is 0.0927. The molecule has 2 aromatic carbocycles. The summed E-state index contributed by atoms with van der Waals surface area (Å²) in [4.78, 5) is 4.89. The largest absolute Gasteiger partial charge is 0.391 e. The Bertz CT molecular complexity index is 1280. The van der Waals surface area contributed by atoms with Gasteiger partial charge < -0.3 is 10.6 Å². The van der Waals surface area contributed by atoms with E-state index in [9.17, 15) is 4.39 Å². The van der Waals surface area contributed by atoms with Crippen LogP contribution in [0.1, 0.15) is 73.6 Å². The zero-order valence-electron chi connectivity index (χ0n) is 23.8. The molecule has 5 heteroatoms. The van der Waals surface area contributed by atoms with E-state index in [1.807, 2.05) is 25.3 Å². The molecule has 210 valence electrons. The van der Waals surface area contributed by atoms with Gasteiger partial charge in [-0.25, -0.2) is 0 Å². The molecule has 4 nitrogen and oxygen atoms in total. The van der Waals surface area contributed by atoms with Crippen LogP contribution in [0.5, 0.6) is 0 Å². The van der Waals surface area contributed by atoms with Crippen LogP contribution in [0.15, 0.2) is 90.2 Å². The Hall–Kier alpha value is -3.57. The monoisotopic (exact) mass is 538 g/mol. The third kappa shape index (κ3) is 7.98. The Morgan fingerprint density at radius 1 is 1.07 bits per heavy atom. The normalized spacial score (nSPS) is 16.1. The number of benzene rings is 2. The zero-order valence-corrected chi connectivity index (χ0v) is 23.8. The van der Waals surface area contributed by atoms with Crippen LogP contribution in [0.25, 0.3) is 11.1 Å². The molecule has 0 unspecified atom stereocenters. The highest BCUT2D eigenvalue weighted by atomic mass is 19.1. The lowest BCUT2D eigenvalue weighted by Gasteiger charge is -2.32. The number of aliphatic imine (C=N–C) groups is 1. The lowest BCUT2D eigenvalue weighted by atomic mass is 9.72. The molecule has 1 fully saturated rings. The predicted octanol–water partition coefficient (Wildman–Crippen LogP) is 8.17. The average Bonchev–Trinajstić information content (AvgIpc) is 2.94. The van der Waals surface area contributed by atoms with Crippen molar-refractivity contribution in [1.82, 2.24) is 10.6 Å². The van der Waals surface area contributed by atoms with Crippen molar-refractivity contribution < 1.29 is 4.39 Å². The molecule has 3 N–H and O–H groups in total. The van der Waals surface area contributed by atoms with Gasteiger partial charge in [0.25, 0.3) is 0 Å². The molecule has 1 aliphatic heterocycles. The molecule has 0 spiro atoms. The molecule has 0 amide bonds. The third-order valence-electron chi connectivity index (χ3n) is 7.88. The fourth-order valence-electron chi connectivity index (χ4n) is 5.42. The highest BCUT2D eigenvalue weighted by molar-refractivity contribution is 6.02. The van der Waals surface area contributed by atoms with Crippen LogP contribution in [0.4, 0.5) is 4.39 Å². The van der Waals surface area contributed by atoms with Crippen LogP contribution in [0, 0.1) is 18.3 Å². The fourth-order valence-corrected chi connectivity index (χ4v) is 5.42. The van der Waals surface area contributed by atoms with Gasteiger partial charge in [-0.05, 0) is 103 Å². The Kier molecular flexibility index (Phi) is 11.2. The minimum atomic E-state index is -0.883. The Balaban J connectivity index is 1.54. The van der Waals surface area contributed by atoms with E-state index in [2.05, 4.69) is 65.8 Å². The Labute approximate surface area is 239 Å². The van der Waals surface area contributed by atoms with E-state index in [1.54, 1.807) is 6.20 Å². The summed E-state index contributed by atoms with van der Waals surface area (Å²) in [6.45, 7) is 8.13. The van der Waals surface area contributed by atoms with Gasteiger partial charge in [-0.3, -0.25) is 10.4 Å². The average molecular weight is 539 g/mol. The number of unbranched alkanes of at least 4 members (excludes halogenated alkanes) is 2. The Morgan fingerprint density at radius 3 is 2.58 bits per heavy atom. The minimum Gasteiger partial charge on any atom is -0.391 e. The number of hydrogen-bond donors (Lipinski definition) is 3. The van der Waals surface area contributed by atoms with Gasteiger partial charge in [0.15, 0.2) is 0 Å². The summed E-state index contributed by atoms with van der Waals surface area (Å²) in [6.07, 6.45) is 17.0. The summed E-state index contributed by atoms with van der Waals surface area (Å²) in [5.74, 6) is -0.406. The molecule has 2 aliphatic rings. The second-order valence-electron chi connectivity index (χ2n) is 10.7. The van der Waals surface area contributed by atoms with Crippen molar-refractivity contribution >= 4 is 22.8 Å². The molecule has 0 aromatic heterocycles. The molecule has 1 heterocycles. The van der Waals surface area contributed by atoms with Gasteiger partial charge in [-0.15, -0.1) is 0 Å². The lowest BCUT2D eigenvalue weighted by Crippen LogP contribution is -2.24. The van der Waals surface area contributed by atoms with E-state index in [0.29, 0.717) is 11.5 Å². The number of aryl methyl sites for hydroxylation is 1. The summed E-state index contributed by atoms with van der Waals surface area (Å²) in [6, 6.07) is 16.5. The highest BCUT2D eigenvalue weighted by Gasteiger charge is 2.28. The fraction of sp³-hybridized carbons (Fsp3) is 0.371. The van der Waals surface area contributed by atoms with Gasteiger partial charge in [0.1, 0.15) is 0 Å². The second-order valence-corrected chi connectivity index (χ2v) is 10.7. The molecule has 40 heavy (non-hydrogen) atoms. The third-order valence-corrected chi connectivity index (χ3v) is 7.88. The highest BCUT2D eigenvalue weighted by Crippen LogP contribution is 2.46. The van der Waals surface area contributed by atoms with Gasteiger partial charge >= 0.3 is 0 Å². The summed E-state index contributed by atoms with van der Waals surface area (Å²) >= 11 is 0. The van der Waals surface area contributed by atoms with Crippen LogP contribution in [0.3, 0.4) is 0 Å². The molecule has 2 aromatic rings. The van der Waals surface area contributed by atoms with Gasteiger partial charge in [0.2, 0.25) is 5.97 Å². The van der Waals surface area contributed by atoms with Crippen molar-refractivity contribution in [1.29, 1.82) is 5.41 Å². The van der Waals surface area contributed by atoms with E-state index in [-0.39, 0.29) is 0 Å². The van der Waals surface area contributed by atoms with E-state index >= 15 is 0 Å². The van der Waals surface area contributed by atoms with Crippen molar-refractivity contribution in [2.45, 2.75) is 58.3 Å². The van der Waals surface area contributed by atoms with Gasteiger partial charge in [-0.2, -0.15) is 4.39 Å². The van der Waals surface area contributed by atoms with Crippen LogP contribution in [-0.2, 0) is 0 Å². The van der Waals surface area contributed by atoms with Crippen LogP contribution in [-0.4, -0.2) is 31.3 Å². The van der Waals surface area contributed by atoms with Gasteiger partial charge in [0.05, 0.1) is 0 Å². The summed E-state index contributed by atoms with van der Waals surface area (Å²) in [7, 11) is 0. The molecule has 1 saturated carbocycles. The van der Waals surface area contributed by atoms with Gasteiger partial charge in [-0.1, -0.05) is 67.6 Å².